The van der Waals surface area contributed by atoms with Crippen molar-refractivity contribution in [2.45, 2.75) is 32.9 Å². The molecule has 1 unspecified atom stereocenters. The first-order valence-corrected chi connectivity index (χ1v) is 7.19. The first-order valence-electron chi connectivity index (χ1n) is 7.19. The summed E-state index contributed by atoms with van der Waals surface area (Å²) in [5.74, 6) is -0.398. The van der Waals surface area contributed by atoms with Crippen molar-refractivity contribution < 1.29 is 13.9 Å². The number of allylic oxidation sites excluding steroid dienone is 1. The summed E-state index contributed by atoms with van der Waals surface area (Å²) in [4.78, 5) is 12.5. The summed E-state index contributed by atoms with van der Waals surface area (Å²) >= 11 is 0. The van der Waals surface area contributed by atoms with Gasteiger partial charge in [0.05, 0.1) is 11.7 Å². The average molecular weight is 317 g/mol. The lowest BCUT2D eigenvalue weighted by Gasteiger charge is -2.27. The number of hydrogen-bond donors (Lipinski definition) is 1. The summed E-state index contributed by atoms with van der Waals surface area (Å²) in [6.07, 6.45) is -0.257. The normalized spacial score (nSPS) is 17.0. The van der Waals surface area contributed by atoms with E-state index in [2.05, 4.69) is 20.8 Å². The summed E-state index contributed by atoms with van der Waals surface area (Å²) < 4.78 is 20.0. The molecular formula is C15H16FN5O2. The molecule has 1 atom stereocenters. The zero-order valence-electron chi connectivity index (χ0n) is 12.9. The molecule has 1 aliphatic rings. The lowest BCUT2D eigenvalue weighted by Crippen LogP contribution is -2.30. The highest BCUT2D eigenvalue weighted by molar-refractivity contribution is 5.92. The molecule has 2 aromatic rings. The predicted molar refractivity (Wildman–Crippen MR) is 79.9 cm³/mol. The van der Waals surface area contributed by atoms with Crippen molar-refractivity contribution >= 4 is 11.9 Å². The molecule has 3 rings (SSSR count). The monoisotopic (exact) mass is 317 g/mol. The molecule has 1 aromatic carbocycles. The van der Waals surface area contributed by atoms with Gasteiger partial charge in [0.15, 0.2) is 0 Å². The number of rotatable bonds is 3. The van der Waals surface area contributed by atoms with E-state index in [9.17, 15) is 9.18 Å². The number of hydrogen-bond acceptors (Lipinski definition) is 6. The average Bonchev–Trinajstić information content (AvgIpc) is 2.93. The van der Waals surface area contributed by atoms with E-state index in [0.29, 0.717) is 22.8 Å². The second-order valence-electron chi connectivity index (χ2n) is 5.52. The van der Waals surface area contributed by atoms with E-state index in [1.54, 1.807) is 32.9 Å². The fraction of sp³-hybridized carbons (Fsp3) is 0.333. The van der Waals surface area contributed by atoms with Crippen molar-refractivity contribution in [2.75, 3.05) is 5.32 Å². The van der Waals surface area contributed by atoms with Crippen molar-refractivity contribution in [1.82, 2.24) is 20.2 Å². The van der Waals surface area contributed by atoms with E-state index in [0.717, 1.165) is 0 Å². The minimum atomic E-state index is -0.576. The van der Waals surface area contributed by atoms with Crippen LogP contribution in [0.15, 0.2) is 35.5 Å². The SMILES string of the molecule is CC1=C(C(=O)OC(C)C)C(c2ccc(F)cc2)n2nnnc2N1. The Kier molecular flexibility index (Phi) is 3.81. The van der Waals surface area contributed by atoms with Crippen molar-refractivity contribution in [1.29, 1.82) is 0 Å². The molecule has 0 radical (unpaired) electrons. The van der Waals surface area contributed by atoms with Gasteiger partial charge in [-0.2, -0.15) is 4.68 Å². The largest absolute Gasteiger partial charge is 0.459 e. The number of ether oxygens (including phenoxy) is 1. The zero-order chi connectivity index (χ0) is 16.6. The number of carbonyl (C=O) groups is 1. The third-order valence-electron chi connectivity index (χ3n) is 3.46. The molecule has 7 nitrogen and oxygen atoms in total. The first-order chi connectivity index (χ1) is 11.0. The molecule has 8 heteroatoms. The molecule has 0 bridgehead atoms. The highest BCUT2D eigenvalue weighted by atomic mass is 19.1. The van der Waals surface area contributed by atoms with E-state index in [-0.39, 0.29) is 11.9 Å². The van der Waals surface area contributed by atoms with E-state index in [1.165, 1.54) is 16.8 Å². The van der Waals surface area contributed by atoms with Gasteiger partial charge < -0.3 is 10.1 Å². The van der Waals surface area contributed by atoms with Gasteiger partial charge in [-0.25, -0.2) is 9.18 Å². The van der Waals surface area contributed by atoms with E-state index < -0.39 is 12.0 Å². The van der Waals surface area contributed by atoms with Crippen molar-refractivity contribution in [3.8, 4) is 0 Å². The fourth-order valence-corrected chi connectivity index (χ4v) is 2.51. The molecule has 23 heavy (non-hydrogen) atoms. The Bertz CT molecular complexity index is 766. The van der Waals surface area contributed by atoms with Gasteiger partial charge in [0, 0.05) is 5.70 Å². The number of benzene rings is 1. The molecular weight excluding hydrogens is 301 g/mol. The van der Waals surface area contributed by atoms with Crippen LogP contribution in [-0.4, -0.2) is 32.3 Å². The van der Waals surface area contributed by atoms with E-state index in [4.69, 9.17) is 4.74 Å². The minimum absolute atomic E-state index is 0.257. The minimum Gasteiger partial charge on any atom is -0.459 e. The number of aromatic nitrogens is 4. The maximum atomic E-state index is 13.2. The van der Waals surface area contributed by atoms with Crippen LogP contribution >= 0.6 is 0 Å². The molecule has 0 aliphatic carbocycles. The van der Waals surface area contributed by atoms with Crippen LogP contribution in [0.4, 0.5) is 10.3 Å². The number of esters is 1. The van der Waals surface area contributed by atoms with Gasteiger partial charge in [0.25, 0.3) is 0 Å². The molecule has 0 saturated carbocycles. The molecule has 0 saturated heterocycles. The van der Waals surface area contributed by atoms with Crippen LogP contribution in [0, 0.1) is 5.82 Å². The number of halogens is 1. The zero-order valence-corrected chi connectivity index (χ0v) is 12.9. The maximum Gasteiger partial charge on any atom is 0.338 e. The quantitative estimate of drug-likeness (QED) is 0.873. The number of nitrogens with zero attached hydrogens (tertiary/aromatic N) is 4. The van der Waals surface area contributed by atoms with Gasteiger partial charge in [0.2, 0.25) is 5.95 Å². The van der Waals surface area contributed by atoms with Crippen LogP contribution in [-0.2, 0) is 9.53 Å². The van der Waals surface area contributed by atoms with Crippen molar-refractivity contribution in [3.63, 3.8) is 0 Å². The van der Waals surface area contributed by atoms with Crippen LogP contribution in [0.1, 0.15) is 32.4 Å². The Balaban J connectivity index is 2.10. The van der Waals surface area contributed by atoms with Gasteiger partial charge in [-0.3, -0.25) is 0 Å². The molecule has 0 spiro atoms. The molecule has 1 aliphatic heterocycles. The maximum absolute atomic E-state index is 13.2. The molecule has 2 heterocycles. The second-order valence-corrected chi connectivity index (χ2v) is 5.52. The van der Waals surface area contributed by atoms with Crippen LogP contribution in [0.25, 0.3) is 0 Å². The second kappa shape index (κ2) is 5.79. The van der Waals surface area contributed by atoms with Gasteiger partial charge in [-0.05, 0) is 48.9 Å². The number of carbonyl (C=O) groups excluding carboxylic acids is 1. The Morgan fingerprint density at radius 1 is 1.35 bits per heavy atom. The molecule has 0 amide bonds. The van der Waals surface area contributed by atoms with Crippen LogP contribution in [0.5, 0.6) is 0 Å². The summed E-state index contributed by atoms with van der Waals surface area (Å²) in [6, 6.07) is 5.30. The van der Waals surface area contributed by atoms with Gasteiger partial charge >= 0.3 is 5.97 Å². The highest BCUT2D eigenvalue weighted by Gasteiger charge is 2.35. The standard InChI is InChI=1S/C15H16FN5O2/c1-8(2)23-14(22)12-9(3)17-15-18-19-20-21(15)13(12)10-4-6-11(16)7-5-10/h4-8,13H,1-3H3,(H,17,18,20). The van der Waals surface area contributed by atoms with Gasteiger partial charge in [-0.15, -0.1) is 0 Å². The molecule has 1 N–H and O–H groups in total. The van der Waals surface area contributed by atoms with Gasteiger partial charge in [-0.1, -0.05) is 17.2 Å². The lowest BCUT2D eigenvalue weighted by molar-refractivity contribution is -0.143. The van der Waals surface area contributed by atoms with Crippen LogP contribution in [0.2, 0.25) is 0 Å². The summed E-state index contributed by atoms with van der Waals surface area (Å²) in [6.45, 7) is 5.31. The van der Waals surface area contributed by atoms with Gasteiger partial charge in [0.1, 0.15) is 11.9 Å². The number of nitrogens with one attached hydrogen (secondary N) is 1. The number of fused-ring (bicyclic) bond motifs is 1. The third-order valence-corrected chi connectivity index (χ3v) is 3.46. The predicted octanol–water partition coefficient (Wildman–Crippen LogP) is 2.05. The van der Waals surface area contributed by atoms with Crippen molar-refractivity contribution in [3.05, 3.63) is 46.9 Å². The first kappa shape index (κ1) is 15.1. The Morgan fingerprint density at radius 2 is 2.04 bits per heavy atom. The topological polar surface area (TPSA) is 81.9 Å². The van der Waals surface area contributed by atoms with E-state index >= 15 is 0 Å². The number of anilines is 1. The third kappa shape index (κ3) is 2.79. The van der Waals surface area contributed by atoms with Crippen LogP contribution in [0.3, 0.4) is 0 Å². The Hall–Kier alpha value is -2.77. The van der Waals surface area contributed by atoms with Crippen molar-refractivity contribution in [2.24, 2.45) is 0 Å². The highest BCUT2D eigenvalue weighted by Crippen LogP contribution is 2.34. The molecule has 120 valence electrons. The molecule has 1 aromatic heterocycles. The smallest absolute Gasteiger partial charge is 0.338 e. The molecule has 0 fully saturated rings. The summed E-state index contributed by atoms with van der Waals surface area (Å²) in [5, 5.41) is 14.4. The Morgan fingerprint density at radius 3 is 2.70 bits per heavy atom. The summed E-state index contributed by atoms with van der Waals surface area (Å²) in [5.41, 5.74) is 1.69. The summed E-state index contributed by atoms with van der Waals surface area (Å²) in [7, 11) is 0. The fourth-order valence-electron chi connectivity index (χ4n) is 2.51. The number of tetrazole rings is 1. The van der Waals surface area contributed by atoms with Crippen LogP contribution < -0.4 is 5.32 Å². The Labute approximate surface area is 132 Å². The lowest BCUT2D eigenvalue weighted by atomic mass is 9.96. The van der Waals surface area contributed by atoms with E-state index in [1.807, 2.05) is 0 Å².